The number of likely N-dealkylation sites (tertiary alicyclic amines) is 1. The van der Waals surface area contributed by atoms with Crippen molar-refractivity contribution in [1.29, 1.82) is 0 Å². The standard InChI is InChI=1S/C13H28N2/c1-6-12(14-7-2)11(3)15-9-8-13(4,5)10-15/h11-12,14H,6-10H2,1-5H3. The number of likely N-dealkylation sites (N-methyl/N-ethyl adjacent to an activating group) is 1. The van der Waals surface area contributed by atoms with Gasteiger partial charge >= 0.3 is 0 Å². The third kappa shape index (κ3) is 3.46. The highest BCUT2D eigenvalue weighted by molar-refractivity contribution is 4.89. The summed E-state index contributed by atoms with van der Waals surface area (Å²) in [5, 5.41) is 3.59. The molecular formula is C13H28N2. The minimum absolute atomic E-state index is 0.527. The lowest BCUT2D eigenvalue weighted by Crippen LogP contribution is -2.47. The lowest BCUT2D eigenvalue weighted by molar-refractivity contribution is 0.185. The van der Waals surface area contributed by atoms with Gasteiger partial charge in [0.1, 0.15) is 0 Å². The van der Waals surface area contributed by atoms with E-state index in [-0.39, 0.29) is 0 Å². The Morgan fingerprint density at radius 2 is 2.00 bits per heavy atom. The van der Waals surface area contributed by atoms with Crippen LogP contribution in [0, 0.1) is 5.41 Å². The SMILES string of the molecule is CCNC(CC)C(C)N1CCC(C)(C)C1. The number of nitrogens with one attached hydrogen (secondary N) is 1. The van der Waals surface area contributed by atoms with E-state index in [9.17, 15) is 0 Å². The number of hydrogen-bond donors (Lipinski definition) is 1. The zero-order chi connectivity index (χ0) is 11.5. The molecule has 2 unspecified atom stereocenters. The first-order chi connectivity index (χ1) is 7.00. The summed E-state index contributed by atoms with van der Waals surface area (Å²) in [6.07, 6.45) is 2.58. The molecule has 0 bridgehead atoms. The van der Waals surface area contributed by atoms with Crippen LogP contribution in [0.1, 0.15) is 47.5 Å². The Hall–Kier alpha value is -0.0800. The Bertz CT molecular complexity index is 189. The van der Waals surface area contributed by atoms with Gasteiger partial charge in [0.25, 0.3) is 0 Å². The fourth-order valence-corrected chi connectivity index (χ4v) is 2.67. The van der Waals surface area contributed by atoms with Gasteiger partial charge < -0.3 is 5.32 Å². The van der Waals surface area contributed by atoms with Gasteiger partial charge in [-0.2, -0.15) is 0 Å². The minimum atomic E-state index is 0.527. The van der Waals surface area contributed by atoms with Crippen LogP contribution >= 0.6 is 0 Å². The number of hydrogen-bond acceptors (Lipinski definition) is 2. The van der Waals surface area contributed by atoms with Gasteiger partial charge in [0.2, 0.25) is 0 Å². The summed E-state index contributed by atoms with van der Waals surface area (Å²) in [6, 6.07) is 1.33. The van der Waals surface area contributed by atoms with E-state index in [1.54, 1.807) is 0 Å². The van der Waals surface area contributed by atoms with Gasteiger partial charge in [-0.15, -0.1) is 0 Å². The van der Waals surface area contributed by atoms with Crippen molar-refractivity contribution in [2.75, 3.05) is 19.6 Å². The number of nitrogens with zero attached hydrogens (tertiary/aromatic N) is 1. The third-order valence-corrected chi connectivity index (χ3v) is 3.77. The van der Waals surface area contributed by atoms with Crippen molar-refractivity contribution in [3.05, 3.63) is 0 Å². The van der Waals surface area contributed by atoms with Crippen LogP contribution in [0.15, 0.2) is 0 Å². The molecule has 1 fully saturated rings. The topological polar surface area (TPSA) is 15.3 Å². The van der Waals surface area contributed by atoms with Gasteiger partial charge in [0.15, 0.2) is 0 Å². The fraction of sp³-hybridized carbons (Fsp3) is 1.00. The average Bonchev–Trinajstić information content (AvgIpc) is 2.54. The van der Waals surface area contributed by atoms with Gasteiger partial charge in [-0.3, -0.25) is 4.90 Å². The summed E-state index contributed by atoms with van der Waals surface area (Å²) in [4.78, 5) is 2.65. The molecule has 0 spiro atoms. The Kier molecular flexibility index (Phi) is 4.60. The largest absolute Gasteiger partial charge is 0.313 e. The van der Waals surface area contributed by atoms with E-state index in [4.69, 9.17) is 0 Å². The molecule has 2 nitrogen and oxygen atoms in total. The van der Waals surface area contributed by atoms with Crippen LogP contribution in [-0.2, 0) is 0 Å². The molecule has 1 heterocycles. The molecule has 0 aliphatic carbocycles. The molecule has 1 rings (SSSR count). The maximum atomic E-state index is 3.59. The van der Waals surface area contributed by atoms with Gasteiger partial charge in [-0.05, 0) is 38.3 Å². The van der Waals surface area contributed by atoms with Crippen LogP contribution in [0.4, 0.5) is 0 Å². The summed E-state index contributed by atoms with van der Waals surface area (Å²) in [6.45, 7) is 15.2. The summed E-state index contributed by atoms with van der Waals surface area (Å²) >= 11 is 0. The van der Waals surface area contributed by atoms with Crippen LogP contribution in [0.2, 0.25) is 0 Å². The predicted octanol–water partition coefficient (Wildman–Crippen LogP) is 2.49. The molecule has 2 atom stereocenters. The first kappa shape index (κ1) is 13.0. The van der Waals surface area contributed by atoms with E-state index in [1.807, 2.05) is 0 Å². The van der Waals surface area contributed by atoms with Crippen molar-refractivity contribution in [3.8, 4) is 0 Å². The Morgan fingerprint density at radius 1 is 1.33 bits per heavy atom. The van der Waals surface area contributed by atoms with E-state index in [0.29, 0.717) is 17.5 Å². The monoisotopic (exact) mass is 212 g/mol. The van der Waals surface area contributed by atoms with Gasteiger partial charge in [-0.1, -0.05) is 27.7 Å². The first-order valence-corrected chi connectivity index (χ1v) is 6.47. The molecule has 90 valence electrons. The normalized spacial score (nSPS) is 25.4. The summed E-state index contributed by atoms with van der Waals surface area (Å²) in [5.74, 6) is 0. The molecule has 0 amide bonds. The van der Waals surface area contributed by atoms with Crippen molar-refractivity contribution in [2.24, 2.45) is 5.41 Å². The van der Waals surface area contributed by atoms with Crippen LogP contribution in [0.3, 0.4) is 0 Å². The summed E-state index contributed by atoms with van der Waals surface area (Å²) in [5.41, 5.74) is 0.527. The van der Waals surface area contributed by atoms with E-state index >= 15 is 0 Å². The lowest BCUT2D eigenvalue weighted by atomic mass is 9.93. The molecule has 0 aromatic carbocycles. The quantitative estimate of drug-likeness (QED) is 0.753. The fourth-order valence-electron chi connectivity index (χ4n) is 2.67. The van der Waals surface area contributed by atoms with Crippen molar-refractivity contribution >= 4 is 0 Å². The Balaban J connectivity index is 2.49. The summed E-state index contributed by atoms with van der Waals surface area (Å²) < 4.78 is 0. The van der Waals surface area contributed by atoms with E-state index in [1.165, 1.54) is 25.9 Å². The van der Waals surface area contributed by atoms with Crippen molar-refractivity contribution in [2.45, 2.75) is 59.5 Å². The van der Waals surface area contributed by atoms with E-state index < -0.39 is 0 Å². The predicted molar refractivity (Wildman–Crippen MR) is 67.2 cm³/mol. The minimum Gasteiger partial charge on any atom is -0.313 e. The molecule has 1 saturated heterocycles. The maximum absolute atomic E-state index is 3.59. The highest BCUT2D eigenvalue weighted by atomic mass is 15.2. The van der Waals surface area contributed by atoms with Gasteiger partial charge in [0, 0.05) is 18.6 Å². The van der Waals surface area contributed by atoms with E-state index in [0.717, 1.165) is 6.54 Å². The smallest absolute Gasteiger partial charge is 0.0221 e. The maximum Gasteiger partial charge on any atom is 0.0221 e. The van der Waals surface area contributed by atoms with Crippen molar-refractivity contribution in [1.82, 2.24) is 10.2 Å². The molecular weight excluding hydrogens is 184 g/mol. The zero-order valence-electron chi connectivity index (χ0n) is 11.1. The van der Waals surface area contributed by atoms with Crippen LogP contribution in [-0.4, -0.2) is 36.6 Å². The van der Waals surface area contributed by atoms with Crippen molar-refractivity contribution in [3.63, 3.8) is 0 Å². The Labute approximate surface area is 95.4 Å². The zero-order valence-corrected chi connectivity index (χ0v) is 11.1. The summed E-state index contributed by atoms with van der Waals surface area (Å²) in [7, 11) is 0. The highest BCUT2D eigenvalue weighted by Gasteiger charge is 2.33. The van der Waals surface area contributed by atoms with Crippen LogP contribution in [0.25, 0.3) is 0 Å². The average molecular weight is 212 g/mol. The molecule has 0 radical (unpaired) electrons. The van der Waals surface area contributed by atoms with Crippen LogP contribution in [0.5, 0.6) is 0 Å². The molecule has 1 aliphatic rings. The third-order valence-electron chi connectivity index (χ3n) is 3.77. The second-order valence-corrected chi connectivity index (χ2v) is 5.70. The molecule has 1 aliphatic heterocycles. The van der Waals surface area contributed by atoms with Crippen LogP contribution < -0.4 is 5.32 Å². The second kappa shape index (κ2) is 5.31. The lowest BCUT2D eigenvalue weighted by Gasteiger charge is -2.32. The molecule has 0 aromatic rings. The Morgan fingerprint density at radius 3 is 2.40 bits per heavy atom. The van der Waals surface area contributed by atoms with Crippen molar-refractivity contribution < 1.29 is 0 Å². The molecule has 1 N–H and O–H groups in total. The molecule has 0 saturated carbocycles. The second-order valence-electron chi connectivity index (χ2n) is 5.70. The van der Waals surface area contributed by atoms with Gasteiger partial charge in [-0.25, -0.2) is 0 Å². The molecule has 0 aromatic heterocycles. The molecule has 15 heavy (non-hydrogen) atoms. The highest BCUT2D eigenvalue weighted by Crippen LogP contribution is 2.30. The number of rotatable bonds is 5. The van der Waals surface area contributed by atoms with Gasteiger partial charge in [0.05, 0.1) is 0 Å². The van der Waals surface area contributed by atoms with E-state index in [2.05, 4.69) is 44.8 Å². The molecule has 2 heteroatoms. The first-order valence-electron chi connectivity index (χ1n) is 6.47.